The van der Waals surface area contributed by atoms with Gasteiger partial charge in [0, 0.05) is 12.2 Å². The van der Waals surface area contributed by atoms with Gasteiger partial charge in [0.1, 0.15) is 6.54 Å². The van der Waals surface area contributed by atoms with Crippen molar-refractivity contribution in [2.24, 2.45) is 0 Å². The average Bonchev–Trinajstić information content (AvgIpc) is 2.72. The molecule has 0 spiro atoms. The van der Waals surface area contributed by atoms with E-state index in [1.165, 1.54) is 17.0 Å². The lowest BCUT2D eigenvalue weighted by Crippen LogP contribution is -2.33. The minimum absolute atomic E-state index is 0.0704. The van der Waals surface area contributed by atoms with Gasteiger partial charge < -0.3 is 5.11 Å². The number of carboxylic acid groups (broad SMARTS) is 1. The van der Waals surface area contributed by atoms with Gasteiger partial charge in [-0.2, -0.15) is 0 Å². The van der Waals surface area contributed by atoms with E-state index in [4.69, 9.17) is 5.11 Å². The second-order valence-electron chi connectivity index (χ2n) is 4.35. The highest BCUT2D eigenvalue weighted by Gasteiger charge is 2.36. The molecule has 3 amide bonds. The van der Waals surface area contributed by atoms with Crippen molar-refractivity contribution < 1.29 is 19.5 Å². The summed E-state index contributed by atoms with van der Waals surface area (Å²) in [4.78, 5) is 37.3. The molecule has 1 aliphatic rings. The highest BCUT2D eigenvalue weighted by molar-refractivity contribution is 6.12. The summed E-state index contributed by atoms with van der Waals surface area (Å²) in [5, 5.41) is 8.95. The zero-order valence-corrected chi connectivity index (χ0v) is 10.8. The van der Waals surface area contributed by atoms with Crippen LogP contribution in [-0.2, 0) is 4.79 Å². The molecule has 1 aromatic carbocycles. The summed E-state index contributed by atoms with van der Waals surface area (Å²) >= 11 is 0. The third-order valence-corrected chi connectivity index (χ3v) is 3.02. The van der Waals surface area contributed by atoms with Gasteiger partial charge in [-0.25, -0.2) is 9.59 Å². The molecule has 0 aliphatic carbocycles. The maximum Gasteiger partial charge on any atom is 0.335 e. The van der Waals surface area contributed by atoms with Crippen LogP contribution in [0.5, 0.6) is 0 Å². The molecule has 0 aromatic heterocycles. The van der Waals surface area contributed by atoms with Crippen molar-refractivity contribution in [2.45, 2.75) is 6.42 Å². The molecule has 1 aliphatic heterocycles. The van der Waals surface area contributed by atoms with Gasteiger partial charge in [-0.05, 0) is 24.6 Å². The van der Waals surface area contributed by atoms with E-state index < -0.39 is 12.0 Å². The fraction of sp³-hybridized carbons (Fsp3) is 0.214. The number of benzene rings is 1. The fourth-order valence-electron chi connectivity index (χ4n) is 1.99. The van der Waals surface area contributed by atoms with Gasteiger partial charge in [0.2, 0.25) is 0 Å². The Morgan fingerprint density at radius 1 is 1.40 bits per heavy atom. The minimum Gasteiger partial charge on any atom is -0.478 e. The number of carbonyl (C=O) groups is 3. The molecule has 1 aromatic rings. The van der Waals surface area contributed by atoms with Crippen LogP contribution in [0.3, 0.4) is 0 Å². The van der Waals surface area contributed by atoms with Crippen molar-refractivity contribution in [2.75, 3.05) is 18.0 Å². The third-order valence-electron chi connectivity index (χ3n) is 3.02. The monoisotopic (exact) mass is 274 g/mol. The number of amides is 3. The van der Waals surface area contributed by atoms with Crippen LogP contribution in [0.2, 0.25) is 0 Å². The van der Waals surface area contributed by atoms with Crippen molar-refractivity contribution in [3.8, 4) is 0 Å². The molecule has 0 unspecified atom stereocenters. The highest BCUT2D eigenvalue weighted by Crippen LogP contribution is 2.22. The molecule has 0 saturated carbocycles. The van der Waals surface area contributed by atoms with E-state index in [0.29, 0.717) is 12.1 Å². The third kappa shape index (κ3) is 2.54. The summed E-state index contributed by atoms with van der Waals surface area (Å²) in [5.41, 5.74) is 0.483. The van der Waals surface area contributed by atoms with E-state index in [0.717, 1.165) is 4.90 Å². The summed E-state index contributed by atoms with van der Waals surface area (Å²) in [6.07, 6.45) is 2.16. The van der Waals surface area contributed by atoms with Crippen molar-refractivity contribution in [1.82, 2.24) is 4.90 Å². The molecular formula is C14H14N2O4. The molecule has 0 radical (unpaired) electrons. The Balaban J connectivity index is 2.24. The minimum atomic E-state index is -1.08. The molecule has 2 rings (SSSR count). The van der Waals surface area contributed by atoms with Crippen LogP contribution >= 0.6 is 0 Å². The molecule has 1 fully saturated rings. The van der Waals surface area contributed by atoms with Gasteiger partial charge in [0.05, 0.1) is 5.56 Å². The first-order valence-electron chi connectivity index (χ1n) is 6.10. The second-order valence-corrected chi connectivity index (χ2v) is 4.35. The second kappa shape index (κ2) is 5.56. The van der Waals surface area contributed by atoms with Gasteiger partial charge in [0.15, 0.2) is 0 Å². The first-order valence-corrected chi connectivity index (χ1v) is 6.10. The van der Waals surface area contributed by atoms with Crippen LogP contribution in [0.4, 0.5) is 10.5 Å². The number of nitrogens with zero attached hydrogens (tertiary/aromatic N) is 2. The largest absolute Gasteiger partial charge is 0.478 e. The zero-order valence-electron chi connectivity index (χ0n) is 10.8. The quantitative estimate of drug-likeness (QED) is 0.655. The first-order chi connectivity index (χ1) is 9.54. The van der Waals surface area contributed by atoms with Crippen LogP contribution in [0.25, 0.3) is 0 Å². The Morgan fingerprint density at radius 3 is 2.80 bits per heavy atom. The van der Waals surface area contributed by atoms with Crippen LogP contribution in [0.1, 0.15) is 16.8 Å². The Hall–Kier alpha value is -2.63. The maximum atomic E-state index is 12.2. The van der Waals surface area contributed by atoms with Crippen molar-refractivity contribution in [3.63, 3.8) is 0 Å². The van der Waals surface area contributed by atoms with Crippen molar-refractivity contribution in [3.05, 3.63) is 42.5 Å². The number of rotatable bonds is 5. The van der Waals surface area contributed by atoms with Crippen LogP contribution in [0, 0.1) is 0 Å². The van der Waals surface area contributed by atoms with E-state index in [1.54, 1.807) is 18.2 Å². The molecule has 0 atom stereocenters. The molecule has 0 bridgehead atoms. The highest BCUT2D eigenvalue weighted by atomic mass is 16.4. The summed E-state index contributed by atoms with van der Waals surface area (Å²) in [6.45, 7) is 3.77. The maximum absolute atomic E-state index is 12.2. The molecule has 104 valence electrons. The standard InChI is InChI=1S/C14H14N2O4/c1-2-3-7-15-12(17)9-16(14(15)20)11-6-4-5-10(8-11)13(18)19/h2,4-6,8H,1,3,7,9H2,(H,18,19). The number of hydrogen-bond acceptors (Lipinski definition) is 3. The molecule has 6 nitrogen and oxygen atoms in total. The number of carbonyl (C=O) groups excluding carboxylic acids is 2. The molecule has 1 heterocycles. The summed E-state index contributed by atoms with van der Waals surface area (Å²) < 4.78 is 0. The van der Waals surface area contributed by atoms with E-state index >= 15 is 0 Å². The zero-order chi connectivity index (χ0) is 14.7. The number of carboxylic acids is 1. The van der Waals surface area contributed by atoms with Crippen LogP contribution in [0.15, 0.2) is 36.9 Å². The molecule has 1 N–H and O–H groups in total. The number of aromatic carboxylic acids is 1. The summed E-state index contributed by atoms with van der Waals surface area (Å²) in [6, 6.07) is 5.53. The topological polar surface area (TPSA) is 77.9 Å². The van der Waals surface area contributed by atoms with Gasteiger partial charge in [-0.1, -0.05) is 12.1 Å². The fourth-order valence-corrected chi connectivity index (χ4v) is 1.99. The number of anilines is 1. The lowest BCUT2D eigenvalue weighted by Gasteiger charge is -2.17. The Bertz CT molecular complexity index is 582. The van der Waals surface area contributed by atoms with Crippen molar-refractivity contribution in [1.29, 1.82) is 0 Å². The Labute approximate surface area is 115 Å². The lowest BCUT2D eigenvalue weighted by atomic mass is 10.2. The predicted octanol–water partition coefficient (Wildman–Crippen LogP) is 1.73. The van der Waals surface area contributed by atoms with E-state index in [9.17, 15) is 14.4 Å². The van der Waals surface area contributed by atoms with Crippen LogP contribution in [-0.4, -0.2) is 41.0 Å². The normalized spacial score (nSPS) is 14.8. The molecule has 20 heavy (non-hydrogen) atoms. The Kier molecular flexibility index (Phi) is 3.84. The smallest absolute Gasteiger partial charge is 0.335 e. The van der Waals surface area contributed by atoms with Gasteiger partial charge in [0.25, 0.3) is 5.91 Å². The lowest BCUT2D eigenvalue weighted by molar-refractivity contribution is -0.124. The molecule has 1 saturated heterocycles. The van der Waals surface area contributed by atoms with Gasteiger partial charge in [-0.15, -0.1) is 6.58 Å². The van der Waals surface area contributed by atoms with E-state index in [1.807, 2.05) is 0 Å². The van der Waals surface area contributed by atoms with Crippen LogP contribution < -0.4 is 4.90 Å². The number of hydrogen-bond donors (Lipinski definition) is 1. The van der Waals surface area contributed by atoms with Crippen molar-refractivity contribution >= 4 is 23.6 Å². The first kappa shape index (κ1) is 13.8. The number of urea groups is 1. The van der Waals surface area contributed by atoms with Gasteiger partial charge >= 0.3 is 12.0 Å². The summed E-state index contributed by atoms with van der Waals surface area (Å²) in [7, 11) is 0. The molecular weight excluding hydrogens is 260 g/mol. The Morgan fingerprint density at radius 2 is 2.15 bits per heavy atom. The predicted molar refractivity (Wildman–Crippen MR) is 72.7 cm³/mol. The summed E-state index contributed by atoms with van der Waals surface area (Å²) in [5.74, 6) is -1.37. The van der Waals surface area contributed by atoms with E-state index in [-0.39, 0.29) is 24.6 Å². The average molecular weight is 274 g/mol. The van der Waals surface area contributed by atoms with E-state index in [2.05, 4.69) is 6.58 Å². The van der Waals surface area contributed by atoms with Gasteiger partial charge in [-0.3, -0.25) is 14.6 Å². The molecule has 6 heteroatoms. The SMILES string of the molecule is C=CCCN1C(=O)CN(c2cccc(C(=O)O)c2)C1=O. The number of imide groups is 1.